The molecule has 0 saturated carbocycles. The number of halogens is 4. The van der Waals surface area contributed by atoms with Gasteiger partial charge >= 0.3 is 12.1 Å². The van der Waals surface area contributed by atoms with Gasteiger partial charge < -0.3 is 32.4 Å². The van der Waals surface area contributed by atoms with Gasteiger partial charge in [-0.25, -0.2) is 4.79 Å². The predicted molar refractivity (Wildman–Crippen MR) is 85.6 cm³/mol. The van der Waals surface area contributed by atoms with Gasteiger partial charge in [0.2, 0.25) is 0 Å². The summed E-state index contributed by atoms with van der Waals surface area (Å²) in [4.78, 5) is 12.0. The number of ether oxygens (including phenoxy) is 3. The van der Waals surface area contributed by atoms with E-state index in [1.165, 1.54) is 0 Å². The van der Waals surface area contributed by atoms with Crippen molar-refractivity contribution in [3.8, 4) is 0 Å². The van der Waals surface area contributed by atoms with Crippen LogP contribution in [0.15, 0.2) is 12.2 Å². The van der Waals surface area contributed by atoms with Crippen LogP contribution in [-0.4, -0.2) is 49.7 Å². The first kappa shape index (κ1) is 25.2. The lowest BCUT2D eigenvalue weighted by atomic mass is 10.0. The van der Waals surface area contributed by atoms with Crippen molar-refractivity contribution in [3.63, 3.8) is 0 Å². The largest absolute Gasteiger partial charge is 1.00 e. The summed E-state index contributed by atoms with van der Waals surface area (Å²) in [6, 6.07) is -0.461. The maximum absolute atomic E-state index is 12.2. The van der Waals surface area contributed by atoms with Crippen molar-refractivity contribution in [2.75, 3.05) is 13.2 Å². The molecule has 1 fully saturated rings. The number of rotatable bonds is 6. The van der Waals surface area contributed by atoms with Gasteiger partial charge in [-0.05, 0) is 25.7 Å². The number of carbonyl (C=O) groups excluding carboxylic acids is 1. The van der Waals surface area contributed by atoms with Crippen LogP contribution in [0.3, 0.4) is 0 Å². The normalized spacial score (nSPS) is 28.2. The first-order valence-electron chi connectivity index (χ1n) is 8.61. The summed E-state index contributed by atoms with van der Waals surface area (Å²) >= 11 is 0. The minimum atomic E-state index is -4.38. The Kier molecular flexibility index (Phi) is 11.4. The van der Waals surface area contributed by atoms with E-state index in [1.54, 1.807) is 6.92 Å². The van der Waals surface area contributed by atoms with E-state index < -0.39 is 30.4 Å². The third kappa shape index (κ3) is 9.75. The van der Waals surface area contributed by atoms with Crippen molar-refractivity contribution in [2.24, 2.45) is 5.92 Å². The molecule has 0 unspecified atom stereocenters. The van der Waals surface area contributed by atoms with E-state index in [0.717, 1.165) is 6.08 Å². The summed E-state index contributed by atoms with van der Waals surface area (Å²) in [6.45, 7) is 5.94. The Balaban J connectivity index is 0.00000625. The van der Waals surface area contributed by atoms with E-state index in [-0.39, 0.29) is 31.2 Å². The molecule has 1 aliphatic rings. The molecule has 1 saturated heterocycles. The van der Waals surface area contributed by atoms with E-state index >= 15 is 0 Å². The second-order valence-corrected chi connectivity index (χ2v) is 6.78. The quantitative estimate of drug-likeness (QED) is 0.468. The minimum absolute atomic E-state index is 0. The SMILES string of the molecule is CC(C)CO[C@H]1CCC[C@H]([NH3+])C(=O)O[C@@H](C)[C@@H]1OC/C=C/C(F)(F)F.[Cl-]. The Morgan fingerprint density at radius 3 is 2.54 bits per heavy atom. The summed E-state index contributed by atoms with van der Waals surface area (Å²) in [7, 11) is 0. The summed E-state index contributed by atoms with van der Waals surface area (Å²) in [5.41, 5.74) is 3.79. The zero-order chi connectivity index (χ0) is 19.0. The van der Waals surface area contributed by atoms with Crippen LogP contribution >= 0.6 is 0 Å². The fourth-order valence-corrected chi connectivity index (χ4v) is 2.58. The van der Waals surface area contributed by atoms with Crippen LogP contribution < -0.4 is 18.1 Å². The number of esters is 1. The molecule has 3 N–H and O–H groups in total. The lowest BCUT2D eigenvalue weighted by Crippen LogP contribution is -3.00. The number of allylic oxidation sites excluding steroid dienone is 1. The Morgan fingerprint density at radius 1 is 1.31 bits per heavy atom. The van der Waals surface area contributed by atoms with Gasteiger partial charge in [0.1, 0.15) is 12.2 Å². The molecule has 0 radical (unpaired) electrons. The van der Waals surface area contributed by atoms with Gasteiger partial charge in [-0.3, -0.25) is 0 Å². The second-order valence-electron chi connectivity index (χ2n) is 6.78. The van der Waals surface area contributed by atoms with Gasteiger partial charge in [0.05, 0.1) is 12.7 Å². The van der Waals surface area contributed by atoms with Crippen LogP contribution in [0.2, 0.25) is 0 Å². The van der Waals surface area contributed by atoms with Crippen LogP contribution in [0.1, 0.15) is 40.0 Å². The molecule has 9 heteroatoms. The van der Waals surface area contributed by atoms with Crippen LogP contribution in [0, 0.1) is 5.92 Å². The summed E-state index contributed by atoms with van der Waals surface area (Å²) in [5.74, 6) is -0.117. The zero-order valence-electron chi connectivity index (χ0n) is 15.4. The molecule has 0 aliphatic carbocycles. The number of quaternary nitrogens is 1. The Bertz CT molecular complexity index is 446. The molecule has 1 heterocycles. The molecule has 0 aromatic carbocycles. The zero-order valence-corrected chi connectivity index (χ0v) is 16.2. The molecular formula is C17H29ClF3NO4. The number of carbonyl (C=O) groups is 1. The van der Waals surface area contributed by atoms with Crippen molar-refractivity contribution in [2.45, 2.75) is 70.6 Å². The Hall–Kier alpha value is -0.830. The topological polar surface area (TPSA) is 72.4 Å². The maximum Gasteiger partial charge on any atom is 0.409 e. The fourth-order valence-electron chi connectivity index (χ4n) is 2.58. The third-order valence-electron chi connectivity index (χ3n) is 3.84. The first-order valence-corrected chi connectivity index (χ1v) is 8.61. The average molecular weight is 404 g/mol. The lowest BCUT2D eigenvalue weighted by molar-refractivity contribution is -0.410. The smallest absolute Gasteiger partial charge is 0.409 e. The summed E-state index contributed by atoms with van der Waals surface area (Å²) < 4.78 is 53.5. The number of hydrogen-bond acceptors (Lipinski definition) is 4. The van der Waals surface area contributed by atoms with E-state index in [0.29, 0.717) is 31.8 Å². The van der Waals surface area contributed by atoms with Crippen molar-refractivity contribution >= 4 is 5.97 Å². The van der Waals surface area contributed by atoms with Crippen LogP contribution in [0.5, 0.6) is 0 Å². The van der Waals surface area contributed by atoms with Crippen LogP contribution in [0.4, 0.5) is 13.2 Å². The standard InChI is InChI=1S/C17H28F3NO4.ClH/c1-11(2)10-24-14-7-4-6-13(21)16(22)25-12(3)15(14)23-9-5-8-17(18,19)20;/h5,8,11-15H,4,6-7,9-10,21H2,1-3H3;1H/b8-5+;/t12-,13-,14-,15-;/m0./s1. The number of cyclic esters (lactones) is 1. The molecule has 4 atom stereocenters. The van der Waals surface area contributed by atoms with Gasteiger partial charge in [-0.2, -0.15) is 13.2 Å². The summed E-state index contributed by atoms with van der Waals surface area (Å²) in [6.07, 6.45) is -3.04. The van der Waals surface area contributed by atoms with Crippen LogP contribution in [0.25, 0.3) is 0 Å². The highest BCUT2D eigenvalue weighted by Gasteiger charge is 2.35. The molecule has 0 spiro atoms. The van der Waals surface area contributed by atoms with Gasteiger partial charge in [-0.15, -0.1) is 0 Å². The summed E-state index contributed by atoms with van der Waals surface area (Å²) in [5, 5.41) is 0. The molecule has 1 aliphatic heterocycles. The highest BCUT2D eigenvalue weighted by Crippen LogP contribution is 2.22. The predicted octanol–water partition coefficient (Wildman–Crippen LogP) is -0.739. The minimum Gasteiger partial charge on any atom is -1.00 e. The van der Waals surface area contributed by atoms with Gasteiger partial charge in [0.25, 0.3) is 0 Å². The van der Waals surface area contributed by atoms with Gasteiger partial charge in [0, 0.05) is 19.1 Å². The molecule has 5 nitrogen and oxygen atoms in total. The van der Waals surface area contributed by atoms with E-state index in [1.807, 2.05) is 13.8 Å². The number of hydrogen-bond donors (Lipinski definition) is 1. The molecule has 26 heavy (non-hydrogen) atoms. The highest BCUT2D eigenvalue weighted by atomic mass is 35.5. The third-order valence-corrected chi connectivity index (χ3v) is 3.84. The Labute approximate surface area is 158 Å². The average Bonchev–Trinajstić information content (AvgIpc) is 2.53. The van der Waals surface area contributed by atoms with Crippen molar-refractivity contribution in [1.29, 1.82) is 0 Å². The molecule has 0 aromatic heterocycles. The van der Waals surface area contributed by atoms with Gasteiger partial charge in [-0.1, -0.05) is 19.9 Å². The lowest BCUT2D eigenvalue weighted by Gasteiger charge is -2.31. The van der Waals surface area contributed by atoms with Crippen molar-refractivity contribution in [3.05, 3.63) is 12.2 Å². The molecule has 0 bridgehead atoms. The van der Waals surface area contributed by atoms with Gasteiger partial charge in [0.15, 0.2) is 6.04 Å². The monoisotopic (exact) mass is 403 g/mol. The molecule has 154 valence electrons. The fraction of sp³-hybridized carbons (Fsp3) is 0.824. The van der Waals surface area contributed by atoms with Crippen molar-refractivity contribution < 1.29 is 50.3 Å². The number of alkyl halides is 3. The van der Waals surface area contributed by atoms with E-state index in [2.05, 4.69) is 5.73 Å². The van der Waals surface area contributed by atoms with Crippen LogP contribution in [-0.2, 0) is 19.0 Å². The molecule has 0 aromatic rings. The van der Waals surface area contributed by atoms with E-state index in [4.69, 9.17) is 14.2 Å². The van der Waals surface area contributed by atoms with E-state index in [9.17, 15) is 18.0 Å². The first-order chi connectivity index (χ1) is 11.6. The highest BCUT2D eigenvalue weighted by molar-refractivity contribution is 5.74. The molecule has 0 amide bonds. The maximum atomic E-state index is 12.2. The Morgan fingerprint density at radius 2 is 1.96 bits per heavy atom. The molecule has 1 rings (SSSR count). The van der Waals surface area contributed by atoms with Crippen molar-refractivity contribution in [1.82, 2.24) is 0 Å². The molecular weight excluding hydrogens is 375 g/mol. The second kappa shape index (κ2) is 11.8.